The Bertz CT molecular complexity index is 697. The second-order valence-corrected chi connectivity index (χ2v) is 5.70. The molecule has 7 heteroatoms. The third-order valence-electron chi connectivity index (χ3n) is 3.77. The molecule has 1 aliphatic rings. The number of esters is 1. The minimum atomic E-state index is -0.421. The van der Waals surface area contributed by atoms with Gasteiger partial charge in [-0.3, -0.25) is 19.2 Å². The lowest BCUT2D eigenvalue weighted by Gasteiger charge is -2.29. The molecule has 0 spiro atoms. The van der Waals surface area contributed by atoms with E-state index in [1.165, 1.54) is 11.8 Å². The van der Waals surface area contributed by atoms with Crippen molar-refractivity contribution in [3.63, 3.8) is 0 Å². The Morgan fingerprint density at radius 1 is 1.20 bits per heavy atom. The summed E-state index contributed by atoms with van der Waals surface area (Å²) in [6.45, 7) is 3.58. The highest BCUT2D eigenvalue weighted by atomic mass is 16.5. The van der Waals surface area contributed by atoms with E-state index in [4.69, 9.17) is 9.47 Å². The first kappa shape index (κ1) is 18.6. The van der Waals surface area contributed by atoms with Crippen molar-refractivity contribution < 1.29 is 28.7 Å². The summed E-state index contributed by atoms with van der Waals surface area (Å²) in [5.74, 6) is -0.437. The first-order valence-electron chi connectivity index (χ1n) is 8.17. The van der Waals surface area contributed by atoms with Crippen molar-refractivity contribution in [2.24, 2.45) is 0 Å². The number of nitrogens with zero attached hydrogens (tertiary/aromatic N) is 1. The largest absolute Gasteiger partial charge is 0.482 e. The van der Waals surface area contributed by atoms with Crippen molar-refractivity contribution in [1.29, 1.82) is 0 Å². The second-order valence-electron chi connectivity index (χ2n) is 5.70. The van der Waals surface area contributed by atoms with Crippen LogP contribution in [-0.4, -0.2) is 43.2 Å². The summed E-state index contributed by atoms with van der Waals surface area (Å²) in [5.41, 5.74) is 0.855. The van der Waals surface area contributed by atoms with Gasteiger partial charge < -0.3 is 14.4 Å². The van der Waals surface area contributed by atoms with Gasteiger partial charge in [0.15, 0.2) is 12.4 Å². The van der Waals surface area contributed by atoms with Crippen LogP contribution in [0.1, 0.15) is 43.5 Å². The smallest absolute Gasteiger partial charge is 0.306 e. The number of carbonyl (C=O) groups excluding carboxylic acids is 4. The molecule has 1 heterocycles. The lowest BCUT2D eigenvalue weighted by Crippen LogP contribution is -2.40. The molecule has 1 aromatic rings. The summed E-state index contributed by atoms with van der Waals surface area (Å²) in [6.07, 6.45) is 0.263. The molecule has 0 aromatic heterocycles. The lowest BCUT2D eigenvalue weighted by molar-refractivity contribution is -0.143. The maximum absolute atomic E-state index is 12.3. The molecule has 0 atom stereocenters. The highest BCUT2D eigenvalue weighted by Crippen LogP contribution is 2.33. The van der Waals surface area contributed by atoms with Crippen LogP contribution >= 0.6 is 0 Å². The van der Waals surface area contributed by atoms with Gasteiger partial charge in [-0.05, 0) is 32.0 Å². The Morgan fingerprint density at radius 2 is 1.96 bits per heavy atom. The van der Waals surface area contributed by atoms with E-state index >= 15 is 0 Å². The Balaban J connectivity index is 2.15. The summed E-state index contributed by atoms with van der Waals surface area (Å²) in [5, 5.41) is 0. The predicted molar refractivity (Wildman–Crippen MR) is 89.8 cm³/mol. The van der Waals surface area contributed by atoms with Gasteiger partial charge in [-0.1, -0.05) is 0 Å². The molecule has 0 saturated heterocycles. The Kier molecular flexibility index (Phi) is 6.27. The summed E-state index contributed by atoms with van der Waals surface area (Å²) >= 11 is 0. The van der Waals surface area contributed by atoms with Crippen LogP contribution in [-0.2, 0) is 19.1 Å². The van der Waals surface area contributed by atoms with Crippen LogP contribution in [0.2, 0.25) is 0 Å². The van der Waals surface area contributed by atoms with Crippen molar-refractivity contribution in [2.75, 3.05) is 24.7 Å². The number of carbonyl (C=O) groups is 4. The first-order chi connectivity index (χ1) is 11.9. The maximum Gasteiger partial charge on any atom is 0.306 e. The van der Waals surface area contributed by atoms with E-state index in [0.29, 0.717) is 17.0 Å². The highest BCUT2D eigenvalue weighted by molar-refractivity contribution is 6.02. The molecule has 7 nitrogen and oxygen atoms in total. The molecule has 2 rings (SSSR count). The zero-order valence-corrected chi connectivity index (χ0v) is 14.4. The van der Waals surface area contributed by atoms with Gasteiger partial charge in [-0.15, -0.1) is 0 Å². The highest BCUT2D eigenvalue weighted by Gasteiger charge is 2.26. The Morgan fingerprint density at radius 3 is 2.64 bits per heavy atom. The summed E-state index contributed by atoms with van der Waals surface area (Å²) < 4.78 is 10.2. The predicted octanol–water partition coefficient (Wildman–Crippen LogP) is 1.92. The molecular formula is C18H21NO6. The van der Waals surface area contributed by atoms with E-state index in [2.05, 4.69) is 0 Å². The van der Waals surface area contributed by atoms with Gasteiger partial charge >= 0.3 is 5.97 Å². The standard InChI is InChI=1S/C18H21NO6/c1-3-24-18(23)7-5-15(21)13-4-6-16-14(10-13)19(9-8-12(2)20)17(22)11-25-16/h4,6,10H,3,5,7-9,11H2,1-2H3. The number of hydrogen-bond acceptors (Lipinski definition) is 6. The van der Waals surface area contributed by atoms with Crippen LogP contribution in [0.15, 0.2) is 18.2 Å². The monoisotopic (exact) mass is 347 g/mol. The first-order valence-corrected chi connectivity index (χ1v) is 8.17. The van der Waals surface area contributed by atoms with Crippen LogP contribution in [0.3, 0.4) is 0 Å². The molecule has 0 fully saturated rings. The van der Waals surface area contributed by atoms with Crippen molar-refractivity contribution >= 4 is 29.1 Å². The fourth-order valence-electron chi connectivity index (χ4n) is 2.48. The van der Waals surface area contributed by atoms with Crippen LogP contribution in [0.4, 0.5) is 5.69 Å². The third kappa shape index (κ3) is 4.89. The average Bonchev–Trinajstić information content (AvgIpc) is 2.58. The minimum absolute atomic E-state index is 0.00718. The van der Waals surface area contributed by atoms with E-state index in [1.54, 1.807) is 25.1 Å². The Labute approximate surface area is 145 Å². The van der Waals surface area contributed by atoms with Gasteiger partial charge in [0, 0.05) is 24.9 Å². The van der Waals surface area contributed by atoms with Crippen molar-refractivity contribution in [1.82, 2.24) is 0 Å². The molecule has 0 radical (unpaired) electrons. The quantitative estimate of drug-likeness (QED) is 0.527. The average molecular weight is 347 g/mol. The lowest BCUT2D eigenvalue weighted by atomic mass is 10.0. The zero-order valence-electron chi connectivity index (χ0n) is 14.4. The number of fused-ring (bicyclic) bond motifs is 1. The van der Waals surface area contributed by atoms with Gasteiger partial charge in [0.05, 0.1) is 18.7 Å². The fourth-order valence-corrected chi connectivity index (χ4v) is 2.48. The van der Waals surface area contributed by atoms with Gasteiger partial charge in [0.1, 0.15) is 11.5 Å². The molecule has 0 unspecified atom stereocenters. The number of amides is 1. The minimum Gasteiger partial charge on any atom is -0.482 e. The summed E-state index contributed by atoms with van der Waals surface area (Å²) in [7, 11) is 0. The SMILES string of the molecule is CCOC(=O)CCC(=O)c1ccc2c(c1)N(CCC(C)=O)C(=O)CO2. The van der Waals surface area contributed by atoms with Gasteiger partial charge in [-0.25, -0.2) is 0 Å². The topological polar surface area (TPSA) is 90.0 Å². The molecule has 0 N–H and O–H groups in total. The normalized spacial score (nSPS) is 13.0. The number of rotatable bonds is 8. The van der Waals surface area contributed by atoms with Gasteiger partial charge in [0.25, 0.3) is 5.91 Å². The van der Waals surface area contributed by atoms with Crippen LogP contribution in [0, 0.1) is 0 Å². The van der Waals surface area contributed by atoms with E-state index in [0.717, 1.165) is 0 Å². The molecule has 0 bridgehead atoms. The van der Waals surface area contributed by atoms with E-state index in [1.807, 2.05) is 0 Å². The molecule has 1 aliphatic heterocycles. The molecule has 134 valence electrons. The number of ether oxygens (including phenoxy) is 2. The second kappa shape index (κ2) is 8.41. The molecule has 1 aromatic carbocycles. The van der Waals surface area contributed by atoms with Crippen LogP contribution in [0.5, 0.6) is 5.75 Å². The Hall–Kier alpha value is -2.70. The zero-order chi connectivity index (χ0) is 18.4. The van der Waals surface area contributed by atoms with Crippen molar-refractivity contribution in [3.05, 3.63) is 23.8 Å². The van der Waals surface area contributed by atoms with Crippen LogP contribution in [0.25, 0.3) is 0 Å². The molecule has 0 aliphatic carbocycles. The number of benzene rings is 1. The molecule has 0 saturated carbocycles. The maximum atomic E-state index is 12.3. The molecular weight excluding hydrogens is 326 g/mol. The van der Waals surface area contributed by atoms with E-state index < -0.39 is 5.97 Å². The summed E-state index contributed by atoms with van der Waals surface area (Å²) in [6, 6.07) is 4.80. The van der Waals surface area contributed by atoms with Crippen LogP contribution < -0.4 is 9.64 Å². The fraction of sp³-hybridized carbons (Fsp3) is 0.444. The van der Waals surface area contributed by atoms with E-state index in [9.17, 15) is 19.2 Å². The van der Waals surface area contributed by atoms with E-state index in [-0.39, 0.29) is 56.5 Å². The number of ketones is 2. The molecule has 25 heavy (non-hydrogen) atoms. The van der Waals surface area contributed by atoms with Crippen molar-refractivity contribution in [2.45, 2.75) is 33.1 Å². The summed E-state index contributed by atoms with van der Waals surface area (Å²) in [4.78, 5) is 48.4. The third-order valence-corrected chi connectivity index (χ3v) is 3.77. The van der Waals surface area contributed by atoms with Gasteiger partial charge in [0.2, 0.25) is 0 Å². The number of Topliss-reactive ketones (excluding diaryl/α,β-unsaturated/α-hetero) is 2. The molecule has 1 amide bonds. The number of anilines is 1. The number of hydrogen-bond donors (Lipinski definition) is 0. The van der Waals surface area contributed by atoms with Gasteiger partial charge in [-0.2, -0.15) is 0 Å². The van der Waals surface area contributed by atoms with Crippen molar-refractivity contribution in [3.8, 4) is 5.75 Å².